The topological polar surface area (TPSA) is 15.3 Å². The summed E-state index contributed by atoms with van der Waals surface area (Å²) >= 11 is 0. The van der Waals surface area contributed by atoms with Gasteiger partial charge < -0.3 is 5.32 Å². The van der Waals surface area contributed by atoms with Crippen molar-refractivity contribution in [2.75, 3.05) is 19.6 Å². The van der Waals surface area contributed by atoms with Gasteiger partial charge in [-0.2, -0.15) is 0 Å². The van der Waals surface area contributed by atoms with E-state index < -0.39 is 0 Å². The van der Waals surface area contributed by atoms with Crippen LogP contribution in [0.2, 0.25) is 0 Å². The number of hydrogen-bond acceptors (Lipinski definition) is 2. The zero-order chi connectivity index (χ0) is 13.7. The number of nitrogens with zero attached hydrogens (tertiary/aromatic N) is 1. The molecule has 2 nitrogen and oxygen atoms in total. The van der Waals surface area contributed by atoms with Crippen molar-refractivity contribution >= 4 is 0 Å². The normalized spacial score (nSPS) is 32.7. The molecule has 2 atom stereocenters. The van der Waals surface area contributed by atoms with Gasteiger partial charge in [-0.25, -0.2) is 0 Å². The Hall–Kier alpha value is -0.0800. The SMILES string of the molecule is CCCCCCN1CC(C)(C2CC2)NCC1CCC. The van der Waals surface area contributed by atoms with E-state index in [-0.39, 0.29) is 0 Å². The van der Waals surface area contributed by atoms with Crippen molar-refractivity contribution in [2.24, 2.45) is 5.92 Å². The van der Waals surface area contributed by atoms with E-state index in [0.717, 1.165) is 12.0 Å². The van der Waals surface area contributed by atoms with E-state index in [1.165, 1.54) is 71.0 Å². The predicted molar refractivity (Wildman–Crippen MR) is 83.5 cm³/mol. The van der Waals surface area contributed by atoms with Crippen molar-refractivity contribution in [1.82, 2.24) is 10.2 Å². The van der Waals surface area contributed by atoms with E-state index in [0.29, 0.717) is 5.54 Å². The molecular weight excluding hydrogens is 232 g/mol. The van der Waals surface area contributed by atoms with Crippen LogP contribution in [0.15, 0.2) is 0 Å². The number of hydrogen-bond donors (Lipinski definition) is 1. The molecule has 2 unspecified atom stereocenters. The minimum Gasteiger partial charge on any atom is -0.308 e. The molecule has 2 aliphatic rings. The summed E-state index contributed by atoms with van der Waals surface area (Å²) in [5.74, 6) is 0.952. The van der Waals surface area contributed by atoms with Gasteiger partial charge in [-0.05, 0) is 45.1 Å². The molecule has 1 heterocycles. The molecule has 2 heteroatoms. The Morgan fingerprint density at radius 2 is 1.89 bits per heavy atom. The third-order valence-electron chi connectivity index (χ3n) is 5.19. The average molecular weight is 266 g/mol. The molecule has 0 aromatic carbocycles. The molecule has 0 aromatic heterocycles. The number of nitrogens with one attached hydrogen (secondary N) is 1. The minimum atomic E-state index is 0.412. The standard InChI is InChI=1S/C17H34N2/c1-4-6-7-8-12-19-14-17(3,15-10-11-15)18-13-16(19)9-5-2/h15-16,18H,4-14H2,1-3H3. The molecule has 0 radical (unpaired) electrons. The first-order valence-corrected chi connectivity index (χ1v) is 8.68. The highest BCUT2D eigenvalue weighted by molar-refractivity contribution is 5.03. The lowest BCUT2D eigenvalue weighted by atomic mass is 9.89. The van der Waals surface area contributed by atoms with Gasteiger partial charge in [0.25, 0.3) is 0 Å². The lowest BCUT2D eigenvalue weighted by molar-refractivity contribution is 0.0686. The van der Waals surface area contributed by atoms with E-state index in [1.807, 2.05) is 0 Å². The van der Waals surface area contributed by atoms with Crippen molar-refractivity contribution in [3.63, 3.8) is 0 Å². The van der Waals surface area contributed by atoms with Gasteiger partial charge in [0.05, 0.1) is 0 Å². The third kappa shape index (κ3) is 4.19. The fraction of sp³-hybridized carbons (Fsp3) is 1.00. The maximum atomic E-state index is 3.88. The molecular formula is C17H34N2. The molecule has 1 saturated carbocycles. The lowest BCUT2D eigenvalue weighted by Crippen LogP contribution is -2.64. The van der Waals surface area contributed by atoms with Gasteiger partial charge in [-0.3, -0.25) is 4.90 Å². The van der Waals surface area contributed by atoms with Crippen LogP contribution in [0, 0.1) is 5.92 Å². The summed E-state index contributed by atoms with van der Waals surface area (Å²) in [7, 11) is 0. The van der Waals surface area contributed by atoms with Crippen LogP contribution in [-0.2, 0) is 0 Å². The zero-order valence-electron chi connectivity index (χ0n) is 13.4. The van der Waals surface area contributed by atoms with Crippen LogP contribution >= 0.6 is 0 Å². The van der Waals surface area contributed by atoms with E-state index in [2.05, 4.69) is 31.0 Å². The smallest absolute Gasteiger partial charge is 0.0309 e. The summed E-state index contributed by atoms with van der Waals surface area (Å²) in [6, 6.07) is 0.790. The third-order valence-corrected chi connectivity index (χ3v) is 5.19. The van der Waals surface area contributed by atoms with Crippen molar-refractivity contribution in [3.05, 3.63) is 0 Å². The molecule has 1 aliphatic carbocycles. The van der Waals surface area contributed by atoms with Gasteiger partial charge in [0.1, 0.15) is 0 Å². The van der Waals surface area contributed by atoms with Gasteiger partial charge in [0, 0.05) is 24.7 Å². The van der Waals surface area contributed by atoms with E-state index >= 15 is 0 Å². The van der Waals surface area contributed by atoms with Crippen molar-refractivity contribution in [1.29, 1.82) is 0 Å². The Morgan fingerprint density at radius 1 is 1.11 bits per heavy atom. The van der Waals surface area contributed by atoms with Crippen LogP contribution in [0.25, 0.3) is 0 Å². The van der Waals surface area contributed by atoms with Crippen molar-refractivity contribution in [2.45, 2.75) is 83.7 Å². The van der Waals surface area contributed by atoms with Gasteiger partial charge in [0.2, 0.25) is 0 Å². The Labute approximate surface area is 120 Å². The quantitative estimate of drug-likeness (QED) is 0.672. The van der Waals surface area contributed by atoms with Crippen LogP contribution in [0.4, 0.5) is 0 Å². The second-order valence-corrected chi connectivity index (χ2v) is 7.05. The van der Waals surface area contributed by atoms with Crippen LogP contribution in [0.1, 0.15) is 72.1 Å². The summed E-state index contributed by atoms with van der Waals surface area (Å²) in [5, 5.41) is 3.88. The fourth-order valence-corrected chi connectivity index (χ4v) is 3.70. The summed E-state index contributed by atoms with van der Waals surface area (Å²) in [5.41, 5.74) is 0.412. The highest BCUT2D eigenvalue weighted by Gasteiger charge is 2.45. The molecule has 19 heavy (non-hydrogen) atoms. The van der Waals surface area contributed by atoms with Crippen molar-refractivity contribution < 1.29 is 0 Å². The highest BCUT2D eigenvalue weighted by atomic mass is 15.3. The monoisotopic (exact) mass is 266 g/mol. The van der Waals surface area contributed by atoms with Crippen LogP contribution in [0.5, 0.6) is 0 Å². The first kappa shape index (κ1) is 15.3. The van der Waals surface area contributed by atoms with Gasteiger partial charge in [-0.1, -0.05) is 39.5 Å². The van der Waals surface area contributed by atoms with E-state index in [1.54, 1.807) is 0 Å². The summed E-state index contributed by atoms with van der Waals surface area (Å²) in [4.78, 5) is 2.81. The molecule has 112 valence electrons. The van der Waals surface area contributed by atoms with Crippen LogP contribution < -0.4 is 5.32 Å². The fourth-order valence-electron chi connectivity index (χ4n) is 3.70. The Kier molecular flexibility index (Phi) is 5.70. The molecule has 1 saturated heterocycles. The first-order valence-electron chi connectivity index (χ1n) is 8.68. The van der Waals surface area contributed by atoms with E-state index in [9.17, 15) is 0 Å². The van der Waals surface area contributed by atoms with Crippen LogP contribution in [-0.4, -0.2) is 36.1 Å². The van der Waals surface area contributed by atoms with Crippen LogP contribution in [0.3, 0.4) is 0 Å². The largest absolute Gasteiger partial charge is 0.308 e. The highest BCUT2D eigenvalue weighted by Crippen LogP contribution is 2.41. The predicted octanol–water partition coefficient (Wildman–Crippen LogP) is 3.81. The second kappa shape index (κ2) is 7.08. The second-order valence-electron chi connectivity index (χ2n) is 7.05. The molecule has 1 aliphatic heterocycles. The first-order chi connectivity index (χ1) is 9.19. The summed E-state index contributed by atoms with van der Waals surface area (Å²) in [6.07, 6.45) is 11.1. The van der Waals surface area contributed by atoms with Gasteiger partial charge >= 0.3 is 0 Å². The summed E-state index contributed by atoms with van der Waals surface area (Å²) < 4.78 is 0. The Balaban J connectivity index is 1.84. The number of rotatable bonds is 8. The van der Waals surface area contributed by atoms with Gasteiger partial charge in [-0.15, -0.1) is 0 Å². The maximum Gasteiger partial charge on any atom is 0.0309 e. The average Bonchev–Trinajstić information content (AvgIpc) is 3.23. The molecule has 0 bridgehead atoms. The Morgan fingerprint density at radius 3 is 2.53 bits per heavy atom. The maximum absolute atomic E-state index is 3.88. The molecule has 2 rings (SSSR count). The lowest BCUT2D eigenvalue weighted by Gasteiger charge is -2.47. The van der Waals surface area contributed by atoms with Crippen molar-refractivity contribution in [3.8, 4) is 0 Å². The van der Waals surface area contributed by atoms with Gasteiger partial charge in [0.15, 0.2) is 0 Å². The van der Waals surface area contributed by atoms with E-state index in [4.69, 9.17) is 0 Å². The Bertz CT molecular complexity index is 262. The molecule has 1 N–H and O–H groups in total. The summed E-state index contributed by atoms with van der Waals surface area (Å²) in [6.45, 7) is 10.9. The zero-order valence-corrected chi connectivity index (χ0v) is 13.4. The molecule has 2 fully saturated rings. The molecule has 0 amide bonds. The molecule has 0 aromatic rings. The minimum absolute atomic E-state index is 0.412. The number of piperazine rings is 1. The number of unbranched alkanes of at least 4 members (excludes halogenated alkanes) is 3. The molecule has 0 spiro atoms.